The molecule has 1 fully saturated rings. The van der Waals surface area contributed by atoms with Gasteiger partial charge in [-0.15, -0.1) is 5.10 Å². The molecule has 0 aliphatic carbocycles. The molecule has 33 heavy (non-hydrogen) atoms. The molecule has 12 heteroatoms. The summed E-state index contributed by atoms with van der Waals surface area (Å²) in [7, 11) is 1.43. The molecule has 0 radical (unpaired) electrons. The number of likely N-dealkylation sites (tertiary alicyclic amines) is 1. The zero-order valence-corrected chi connectivity index (χ0v) is 18.3. The van der Waals surface area contributed by atoms with Gasteiger partial charge in [0.2, 0.25) is 5.17 Å². The van der Waals surface area contributed by atoms with Gasteiger partial charge in [0.1, 0.15) is 17.3 Å². The van der Waals surface area contributed by atoms with Gasteiger partial charge < -0.3 is 14.1 Å². The quantitative estimate of drug-likeness (QED) is 0.410. The number of carbonyl (C=O) groups is 1. The average Bonchev–Trinajstić information content (AvgIpc) is 3.56. The highest BCUT2D eigenvalue weighted by Gasteiger charge is 2.38. The van der Waals surface area contributed by atoms with Crippen LogP contribution in [0, 0.1) is 15.5 Å². The van der Waals surface area contributed by atoms with Gasteiger partial charge >= 0.3 is 0 Å². The van der Waals surface area contributed by atoms with E-state index < -0.39 is 10.8 Å². The lowest BCUT2D eigenvalue weighted by Gasteiger charge is -2.19. The van der Waals surface area contributed by atoms with Crippen molar-refractivity contribution in [2.75, 3.05) is 20.2 Å². The molecule has 11 nitrogen and oxygen atoms in total. The Labute approximate surface area is 192 Å². The van der Waals surface area contributed by atoms with Crippen molar-refractivity contribution in [2.45, 2.75) is 12.8 Å². The lowest BCUT2D eigenvalue weighted by atomic mass is 10.1. The van der Waals surface area contributed by atoms with Crippen molar-refractivity contribution >= 4 is 45.6 Å². The lowest BCUT2D eigenvalue weighted by Crippen LogP contribution is -2.35. The second-order valence-corrected chi connectivity index (χ2v) is 8.37. The number of hydrazone groups is 1. The SMILES string of the molecule is COc1ccc(-c2ccc(/C=C3\C(=N)N4N=C(N5CCCC5)SC4=NC3=O)o2)c([N+](=O)[O-])c1. The van der Waals surface area contributed by atoms with E-state index >= 15 is 0 Å². The molecule has 0 bridgehead atoms. The normalized spacial score (nSPS) is 19.1. The number of carbonyl (C=O) groups excluding carboxylic acids is 1. The number of methoxy groups -OCH3 is 1. The minimum atomic E-state index is -0.565. The van der Waals surface area contributed by atoms with E-state index in [-0.39, 0.29) is 34.2 Å². The van der Waals surface area contributed by atoms with Gasteiger partial charge in [0.15, 0.2) is 11.0 Å². The van der Waals surface area contributed by atoms with Gasteiger partial charge in [-0.05, 0) is 54.9 Å². The van der Waals surface area contributed by atoms with Crippen molar-refractivity contribution in [1.82, 2.24) is 9.91 Å². The van der Waals surface area contributed by atoms with Crippen LogP contribution in [-0.2, 0) is 4.79 Å². The van der Waals surface area contributed by atoms with Crippen molar-refractivity contribution in [1.29, 1.82) is 5.41 Å². The highest BCUT2D eigenvalue weighted by atomic mass is 32.2. The fraction of sp³-hybridized carbons (Fsp3) is 0.238. The Balaban J connectivity index is 1.44. The first-order chi connectivity index (χ1) is 15.9. The second-order valence-electron chi connectivity index (χ2n) is 7.44. The number of amides is 1. The van der Waals surface area contributed by atoms with Gasteiger partial charge in [-0.25, -0.2) is 0 Å². The minimum Gasteiger partial charge on any atom is -0.497 e. The molecule has 1 N–H and O–H groups in total. The smallest absolute Gasteiger partial charge is 0.284 e. The van der Waals surface area contributed by atoms with E-state index in [0.29, 0.717) is 10.9 Å². The number of benzene rings is 1. The second kappa shape index (κ2) is 8.20. The molecule has 168 valence electrons. The third-order valence-corrected chi connectivity index (χ3v) is 6.37. The summed E-state index contributed by atoms with van der Waals surface area (Å²) in [6.45, 7) is 1.78. The predicted octanol–water partition coefficient (Wildman–Crippen LogP) is 3.54. The summed E-state index contributed by atoms with van der Waals surface area (Å²) in [4.78, 5) is 29.8. The number of aliphatic imine (C=N–C) groups is 1. The van der Waals surface area contributed by atoms with Gasteiger partial charge in [-0.3, -0.25) is 20.3 Å². The van der Waals surface area contributed by atoms with E-state index in [9.17, 15) is 14.9 Å². The van der Waals surface area contributed by atoms with Gasteiger partial charge in [0.05, 0.1) is 29.2 Å². The van der Waals surface area contributed by atoms with E-state index in [1.165, 1.54) is 42.1 Å². The molecule has 0 saturated carbocycles. The lowest BCUT2D eigenvalue weighted by molar-refractivity contribution is -0.384. The van der Waals surface area contributed by atoms with Crippen molar-refractivity contribution in [3.05, 3.63) is 51.8 Å². The molecule has 0 unspecified atom stereocenters. The molecule has 1 aromatic carbocycles. The zero-order valence-electron chi connectivity index (χ0n) is 17.5. The molecule has 1 amide bonds. The molecule has 5 rings (SSSR count). The molecule has 3 aliphatic rings. The Kier molecular flexibility index (Phi) is 5.21. The van der Waals surface area contributed by atoms with Gasteiger partial charge in [0.25, 0.3) is 11.6 Å². The fourth-order valence-electron chi connectivity index (χ4n) is 3.73. The summed E-state index contributed by atoms with van der Waals surface area (Å²) >= 11 is 1.28. The topological polar surface area (TPSA) is 138 Å². The predicted molar refractivity (Wildman–Crippen MR) is 123 cm³/mol. The van der Waals surface area contributed by atoms with Crippen molar-refractivity contribution in [3.8, 4) is 17.1 Å². The molecular formula is C21H18N6O5S. The molecule has 0 atom stereocenters. The summed E-state index contributed by atoms with van der Waals surface area (Å²) in [5, 5.41) is 26.9. The van der Waals surface area contributed by atoms with Crippen LogP contribution in [0.15, 0.2) is 50.4 Å². The summed E-state index contributed by atoms with van der Waals surface area (Å²) in [5.74, 6) is 0.204. The maximum absolute atomic E-state index is 12.6. The first kappa shape index (κ1) is 20.9. The Morgan fingerprint density at radius 3 is 2.76 bits per heavy atom. The van der Waals surface area contributed by atoms with Crippen molar-refractivity contribution in [3.63, 3.8) is 0 Å². The fourth-order valence-corrected chi connectivity index (χ4v) is 4.68. The van der Waals surface area contributed by atoms with E-state index in [4.69, 9.17) is 14.6 Å². The molecule has 1 saturated heterocycles. The number of hydrogen-bond acceptors (Lipinski definition) is 9. The van der Waals surface area contributed by atoms with Crippen LogP contribution in [0.25, 0.3) is 17.4 Å². The van der Waals surface area contributed by atoms with Crippen LogP contribution < -0.4 is 4.74 Å². The number of nitrogens with one attached hydrogen (secondary N) is 1. The van der Waals surface area contributed by atoms with Gasteiger partial charge in [0, 0.05) is 13.1 Å². The van der Waals surface area contributed by atoms with Crippen LogP contribution in [-0.4, -0.2) is 57.1 Å². The van der Waals surface area contributed by atoms with Crippen LogP contribution in [0.5, 0.6) is 5.75 Å². The van der Waals surface area contributed by atoms with E-state index in [1.54, 1.807) is 18.2 Å². The van der Waals surface area contributed by atoms with E-state index in [2.05, 4.69) is 15.0 Å². The molecule has 1 aromatic heterocycles. The number of amidine groups is 3. The summed E-state index contributed by atoms with van der Waals surface area (Å²) in [6.07, 6.45) is 3.57. The number of hydrogen-bond donors (Lipinski definition) is 1. The van der Waals surface area contributed by atoms with Gasteiger partial charge in [-0.2, -0.15) is 10.0 Å². The molecule has 2 aromatic rings. The molecule has 4 heterocycles. The molecule has 0 spiro atoms. The van der Waals surface area contributed by atoms with Crippen molar-refractivity contribution < 1.29 is 18.9 Å². The number of nitrogens with zero attached hydrogens (tertiary/aromatic N) is 5. The molecule has 3 aliphatic heterocycles. The van der Waals surface area contributed by atoms with Gasteiger partial charge in [-0.1, -0.05) is 0 Å². The largest absolute Gasteiger partial charge is 0.497 e. The Morgan fingerprint density at radius 1 is 1.24 bits per heavy atom. The summed E-state index contributed by atoms with van der Waals surface area (Å²) < 4.78 is 10.8. The first-order valence-electron chi connectivity index (χ1n) is 10.1. The number of furan rings is 1. The number of ether oxygens (including phenoxy) is 1. The van der Waals surface area contributed by atoms with Crippen LogP contribution in [0.2, 0.25) is 0 Å². The highest BCUT2D eigenvalue weighted by molar-refractivity contribution is 8.26. The first-order valence-corrected chi connectivity index (χ1v) is 10.9. The maximum Gasteiger partial charge on any atom is 0.284 e. The van der Waals surface area contributed by atoms with Crippen LogP contribution in [0.4, 0.5) is 5.69 Å². The number of fused-ring (bicyclic) bond motifs is 1. The maximum atomic E-state index is 12.6. The third kappa shape index (κ3) is 3.78. The van der Waals surface area contributed by atoms with E-state index in [1.807, 2.05) is 0 Å². The standard InChI is InChI=1S/C21H18N6O5S/c1-31-12-4-6-14(16(11-12)27(29)30)17-7-5-13(32-17)10-15-18(22)26-20(23-19(15)28)33-21(24-26)25-8-2-3-9-25/h4-7,10-11,22H,2-3,8-9H2,1H3/b15-10+,22-18?. The summed E-state index contributed by atoms with van der Waals surface area (Å²) in [5.41, 5.74) is 0.124. The Hall–Kier alpha value is -3.93. The number of nitro benzene ring substituents is 1. The summed E-state index contributed by atoms with van der Waals surface area (Å²) in [6, 6.07) is 7.59. The van der Waals surface area contributed by atoms with Crippen molar-refractivity contribution in [2.24, 2.45) is 10.1 Å². The average molecular weight is 466 g/mol. The van der Waals surface area contributed by atoms with E-state index in [0.717, 1.165) is 31.1 Å². The Morgan fingerprint density at radius 2 is 2.03 bits per heavy atom. The molecular weight excluding hydrogens is 448 g/mol. The zero-order chi connectivity index (χ0) is 23.1. The Bertz CT molecular complexity index is 1270. The van der Waals surface area contributed by atoms with Crippen LogP contribution in [0.1, 0.15) is 18.6 Å². The van der Waals surface area contributed by atoms with Crippen LogP contribution in [0.3, 0.4) is 0 Å². The number of rotatable bonds is 4. The number of nitro groups is 1. The highest BCUT2D eigenvalue weighted by Crippen LogP contribution is 2.35. The minimum absolute atomic E-state index is 0.0240. The monoisotopic (exact) mass is 466 g/mol. The number of thioether (sulfide) groups is 1. The third-order valence-electron chi connectivity index (χ3n) is 5.40. The van der Waals surface area contributed by atoms with Crippen LogP contribution >= 0.6 is 11.8 Å².